The third-order valence-electron chi connectivity index (χ3n) is 3.00. The molecule has 0 saturated carbocycles. The van der Waals surface area contributed by atoms with Crippen molar-refractivity contribution in [2.75, 3.05) is 6.61 Å². The van der Waals surface area contributed by atoms with E-state index in [0.29, 0.717) is 5.56 Å². The molecule has 0 radical (unpaired) electrons. The molecule has 25 heavy (non-hydrogen) atoms. The second kappa shape index (κ2) is 8.93. The van der Waals surface area contributed by atoms with Crippen LogP contribution in [0.1, 0.15) is 11.1 Å². The van der Waals surface area contributed by atoms with Gasteiger partial charge in [-0.1, -0.05) is 42.5 Å². The van der Waals surface area contributed by atoms with Crippen LogP contribution in [0.15, 0.2) is 54.6 Å². The number of halogens is 3. The lowest BCUT2D eigenvalue weighted by atomic mass is 10.2. The topological polar surface area (TPSA) is 59.6 Å². The molecule has 0 spiro atoms. The first-order valence-corrected chi connectivity index (χ1v) is 7.40. The predicted octanol–water partition coefficient (Wildman–Crippen LogP) is 3.56. The molecule has 0 atom stereocenters. The molecule has 2 aromatic carbocycles. The summed E-state index contributed by atoms with van der Waals surface area (Å²) in [5, 5.41) is 2.53. The molecule has 2 rings (SSSR count). The first-order valence-electron chi connectivity index (χ1n) is 7.40. The molecule has 0 saturated heterocycles. The number of benzene rings is 2. The Labute approximate surface area is 142 Å². The molecule has 0 unspecified atom stereocenters. The highest BCUT2D eigenvalue weighted by molar-refractivity contribution is 5.72. The number of hydrogen-bond acceptors (Lipinski definition) is 3. The maximum absolute atomic E-state index is 12.1. The molecule has 2 N–H and O–H groups in total. The van der Waals surface area contributed by atoms with Crippen molar-refractivity contribution in [2.45, 2.75) is 19.3 Å². The van der Waals surface area contributed by atoms with Crippen LogP contribution in [-0.2, 0) is 18.0 Å². The Hall–Kier alpha value is -2.74. The lowest BCUT2D eigenvalue weighted by Gasteiger charge is -2.11. The van der Waals surface area contributed by atoms with Gasteiger partial charge >= 0.3 is 12.2 Å². The van der Waals surface area contributed by atoms with Crippen LogP contribution in [0.4, 0.5) is 18.0 Å². The van der Waals surface area contributed by atoms with Crippen molar-refractivity contribution in [3.05, 3.63) is 65.7 Å². The number of carbonyl (C=O) groups excluding carboxylic acids is 1. The minimum absolute atomic E-state index is 0.0809. The Bertz CT molecular complexity index is 678. The minimum Gasteiger partial charge on any atom is -0.484 e. The Morgan fingerprint density at radius 1 is 1.00 bits per heavy atom. The van der Waals surface area contributed by atoms with Gasteiger partial charge in [-0.25, -0.2) is 10.3 Å². The van der Waals surface area contributed by atoms with E-state index in [1.807, 2.05) is 30.3 Å². The number of rotatable bonds is 7. The van der Waals surface area contributed by atoms with Crippen LogP contribution in [0.2, 0.25) is 0 Å². The summed E-state index contributed by atoms with van der Waals surface area (Å²) in [4.78, 5) is 16.7. The molecule has 0 aliphatic carbocycles. The van der Waals surface area contributed by atoms with E-state index in [2.05, 4.69) is 15.5 Å². The second-order valence-corrected chi connectivity index (χ2v) is 5.11. The Morgan fingerprint density at radius 2 is 1.72 bits per heavy atom. The summed E-state index contributed by atoms with van der Waals surface area (Å²) in [5.74, 6) is 0.0809. The molecule has 0 bridgehead atoms. The van der Waals surface area contributed by atoms with Crippen LogP contribution in [0.3, 0.4) is 0 Å². The van der Waals surface area contributed by atoms with E-state index >= 15 is 0 Å². The minimum atomic E-state index is -4.40. The fourth-order valence-corrected chi connectivity index (χ4v) is 1.89. The summed E-state index contributed by atoms with van der Waals surface area (Å²) >= 11 is 0. The predicted molar refractivity (Wildman–Crippen MR) is 84.6 cm³/mol. The van der Waals surface area contributed by atoms with Gasteiger partial charge in [0.15, 0.2) is 6.61 Å². The largest absolute Gasteiger partial charge is 0.484 e. The SMILES string of the molecule is O=C(NCc1cccc(OCC(F)(F)F)c1)NOCc1ccccc1. The first kappa shape index (κ1) is 18.6. The maximum Gasteiger partial charge on any atom is 0.422 e. The third-order valence-corrected chi connectivity index (χ3v) is 3.00. The Kier molecular flexibility index (Phi) is 6.64. The second-order valence-electron chi connectivity index (χ2n) is 5.11. The van der Waals surface area contributed by atoms with Crippen LogP contribution in [0.25, 0.3) is 0 Å². The normalized spacial score (nSPS) is 11.0. The summed E-state index contributed by atoms with van der Waals surface area (Å²) in [7, 11) is 0. The van der Waals surface area contributed by atoms with Gasteiger partial charge in [-0.05, 0) is 23.3 Å². The molecule has 5 nitrogen and oxygen atoms in total. The summed E-state index contributed by atoms with van der Waals surface area (Å²) in [6.45, 7) is -1.03. The van der Waals surface area contributed by atoms with Gasteiger partial charge in [0.1, 0.15) is 5.75 Å². The van der Waals surface area contributed by atoms with E-state index in [1.54, 1.807) is 12.1 Å². The summed E-state index contributed by atoms with van der Waals surface area (Å²) < 4.78 is 41.1. The molecule has 0 aromatic heterocycles. The van der Waals surface area contributed by atoms with E-state index < -0.39 is 18.8 Å². The summed E-state index contributed by atoms with van der Waals surface area (Å²) in [5.41, 5.74) is 3.73. The summed E-state index contributed by atoms with van der Waals surface area (Å²) in [6, 6.07) is 14.8. The highest BCUT2D eigenvalue weighted by Gasteiger charge is 2.28. The fraction of sp³-hybridized carbons (Fsp3) is 0.235. The smallest absolute Gasteiger partial charge is 0.422 e. The van der Waals surface area contributed by atoms with Gasteiger partial charge in [-0.3, -0.25) is 4.84 Å². The van der Waals surface area contributed by atoms with E-state index in [-0.39, 0.29) is 18.9 Å². The van der Waals surface area contributed by atoms with Crippen molar-refractivity contribution in [3.8, 4) is 5.75 Å². The Morgan fingerprint density at radius 3 is 2.44 bits per heavy atom. The van der Waals surface area contributed by atoms with Crippen LogP contribution in [-0.4, -0.2) is 18.8 Å². The van der Waals surface area contributed by atoms with E-state index in [1.165, 1.54) is 12.1 Å². The maximum atomic E-state index is 12.1. The van der Waals surface area contributed by atoms with Gasteiger partial charge in [-0.2, -0.15) is 13.2 Å². The van der Waals surface area contributed by atoms with Crippen molar-refractivity contribution in [2.24, 2.45) is 0 Å². The highest BCUT2D eigenvalue weighted by Crippen LogP contribution is 2.19. The average Bonchev–Trinajstić information content (AvgIpc) is 2.59. The van der Waals surface area contributed by atoms with Crippen LogP contribution >= 0.6 is 0 Å². The molecule has 2 amide bonds. The number of carbonyl (C=O) groups is 1. The first-order chi connectivity index (χ1) is 11.9. The summed E-state index contributed by atoms with van der Waals surface area (Å²) in [6.07, 6.45) is -4.40. The molecule has 0 fully saturated rings. The van der Waals surface area contributed by atoms with Crippen LogP contribution in [0, 0.1) is 0 Å². The number of nitrogens with one attached hydrogen (secondary N) is 2. The molecule has 0 heterocycles. The van der Waals surface area contributed by atoms with E-state index in [9.17, 15) is 18.0 Å². The van der Waals surface area contributed by atoms with E-state index in [4.69, 9.17) is 4.84 Å². The zero-order valence-corrected chi connectivity index (χ0v) is 13.2. The standard InChI is InChI=1S/C17H17F3N2O3/c18-17(19,20)12-24-15-8-4-7-14(9-15)10-21-16(23)22-25-11-13-5-2-1-3-6-13/h1-9H,10-12H2,(H2,21,22,23). The van der Waals surface area contributed by atoms with Gasteiger partial charge < -0.3 is 10.1 Å². The quantitative estimate of drug-likeness (QED) is 0.748. The zero-order chi connectivity index (χ0) is 18.1. The monoisotopic (exact) mass is 354 g/mol. The van der Waals surface area contributed by atoms with Gasteiger partial charge in [0.05, 0.1) is 6.61 Å². The van der Waals surface area contributed by atoms with Crippen molar-refractivity contribution in [3.63, 3.8) is 0 Å². The lowest BCUT2D eigenvalue weighted by Crippen LogP contribution is -2.34. The molecular formula is C17H17F3N2O3. The molecule has 8 heteroatoms. The van der Waals surface area contributed by atoms with Gasteiger partial charge in [0.25, 0.3) is 0 Å². The van der Waals surface area contributed by atoms with Gasteiger partial charge in [-0.15, -0.1) is 0 Å². The Balaban J connectivity index is 1.72. The number of hydrogen-bond donors (Lipinski definition) is 2. The van der Waals surface area contributed by atoms with Crippen molar-refractivity contribution < 1.29 is 27.5 Å². The number of ether oxygens (including phenoxy) is 1. The van der Waals surface area contributed by atoms with Crippen molar-refractivity contribution in [1.29, 1.82) is 0 Å². The number of hydroxylamine groups is 1. The molecule has 0 aliphatic heterocycles. The third kappa shape index (κ3) is 7.58. The number of urea groups is 1. The fourth-order valence-electron chi connectivity index (χ4n) is 1.89. The van der Waals surface area contributed by atoms with E-state index in [0.717, 1.165) is 5.56 Å². The van der Waals surface area contributed by atoms with Crippen molar-refractivity contribution >= 4 is 6.03 Å². The van der Waals surface area contributed by atoms with Crippen molar-refractivity contribution in [1.82, 2.24) is 10.8 Å². The molecule has 2 aromatic rings. The average molecular weight is 354 g/mol. The zero-order valence-electron chi connectivity index (χ0n) is 13.2. The van der Waals surface area contributed by atoms with Crippen LogP contribution in [0.5, 0.6) is 5.75 Å². The van der Waals surface area contributed by atoms with Crippen LogP contribution < -0.4 is 15.5 Å². The van der Waals surface area contributed by atoms with Gasteiger partial charge in [0, 0.05) is 6.54 Å². The molecular weight excluding hydrogens is 337 g/mol. The number of amides is 2. The molecule has 134 valence electrons. The highest BCUT2D eigenvalue weighted by atomic mass is 19.4. The number of alkyl halides is 3. The molecule has 0 aliphatic rings. The van der Waals surface area contributed by atoms with Gasteiger partial charge in [0.2, 0.25) is 0 Å². The lowest BCUT2D eigenvalue weighted by molar-refractivity contribution is -0.153.